The summed E-state index contributed by atoms with van der Waals surface area (Å²) in [5.41, 5.74) is -1.08. The van der Waals surface area contributed by atoms with Crippen molar-refractivity contribution >= 4 is 11.8 Å². The molecule has 0 amide bonds. The first kappa shape index (κ1) is 14.2. The van der Waals surface area contributed by atoms with Gasteiger partial charge in [0.05, 0.1) is 5.92 Å². The molecule has 0 aliphatic carbocycles. The Balaban J connectivity index is 2.76. The largest absolute Gasteiger partial charge is 0.481 e. The topological polar surface area (TPSA) is 66.3 Å². The summed E-state index contributed by atoms with van der Waals surface area (Å²) >= 11 is 0. The van der Waals surface area contributed by atoms with Gasteiger partial charge in [-0.05, 0) is 12.1 Å². The highest BCUT2D eigenvalue weighted by Gasteiger charge is 2.33. The van der Waals surface area contributed by atoms with Gasteiger partial charge in [-0.1, -0.05) is 6.92 Å². The number of carbonyl (C=O) groups is 1. The van der Waals surface area contributed by atoms with Gasteiger partial charge >= 0.3 is 12.1 Å². The molecule has 0 saturated carbocycles. The fourth-order valence-electron chi connectivity index (χ4n) is 1.26. The van der Waals surface area contributed by atoms with Crippen LogP contribution in [0.4, 0.5) is 19.0 Å². The number of hydrogen-bond acceptors (Lipinski definition) is 4. The summed E-state index contributed by atoms with van der Waals surface area (Å²) in [5.74, 6) is -1.45. The average molecular weight is 263 g/mol. The zero-order chi connectivity index (χ0) is 13.9. The minimum Gasteiger partial charge on any atom is -0.481 e. The Labute approximate surface area is 101 Å². The van der Waals surface area contributed by atoms with Crippen LogP contribution in [0.15, 0.2) is 12.1 Å². The second-order valence-corrected chi connectivity index (χ2v) is 3.89. The van der Waals surface area contributed by atoms with Crippen molar-refractivity contribution in [2.24, 2.45) is 5.92 Å². The first-order valence-corrected chi connectivity index (χ1v) is 5.06. The van der Waals surface area contributed by atoms with Crippen molar-refractivity contribution in [3.8, 4) is 0 Å². The molecular weight excluding hydrogens is 251 g/mol. The smallest absolute Gasteiger partial charge is 0.435 e. The second-order valence-electron chi connectivity index (χ2n) is 3.89. The number of hydrogen-bond donors (Lipinski definition) is 1. The third-order valence-corrected chi connectivity index (χ3v) is 2.30. The second kappa shape index (κ2) is 5.19. The number of nitrogens with zero attached hydrogens (tertiary/aromatic N) is 3. The lowest BCUT2D eigenvalue weighted by molar-refractivity contribution is -0.142. The third-order valence-electron chi connectivity index (χ3n) is 2.30. The number of alkyl halides is 3. The van der Waals surface area contributed by atoms with Crippen LogP contribution in [-0.4, -0.2) is 34.9 Å². The van der Waals surface area contributed by atoms with Crippen molar-refractivity contribution in [3.63, 3.8) is 0 Å². The summed E-state index contributed by atoms with van der Waals surface area (Å²) < 4.78 is 36.7. The molecule has 0 saturated heterocycles. The van der Waals surface area contributed by atoms with Gasteiger partial charge in [0.25, 0.3) is 0 Å². The molecular formula is C10H12F3N3O2. The highest BCUT2D eigenvalue weighted by atomic mass is 19.4. The molecule has 0 bridgehead atoms. The van der Waals surface area contributed by atoms with Gasteiger partial charge in [0, 0.05) is 13.6 Å². The van der Waals surface area contributed by atoms with E-state index >= 15 is 0 Å². The highest BCUT2D eigenvalue weighted by Crippen LogP contribution is 2.27. The molecule has 1 heterocycles. The molecule has 1 atom stereocenters. The quantitative estimate of drug-likeness (QED) is 0.894. The van der Waals surface area contributed by atoms with Gasteiger partial charge in [0.2, 0.25) is 0 Å². The summed E-state index contributed by atoms with van der Waals surface area (Å²) in [4.78, 5) is 12.1. The molecule has 0 aromatic carbocycles. The third kappa shape index (κ3) is 3.57. The molecule has 8 heteroatoms. The summed E-state index contributed by atoms with van der Waals surface area (Å²) in [7, 11) is 1.54. The van der Waals surface area contributed by atoms with Crippen LogP contribution in [0.5, 0.6) is 0 Å². The van der Waals surface area contributed by atoms with E-state index in [0.29, 0.717) is 0 Å². The minimum atomic E-state index is -4.53. The highest BCUT2D eigenvalue weighted by molar-refractivity contribution is 5.70. The molecule has 1 N–H and O–H groups in total. The Morgan fingerprint density at radius 2 is 2.06 bits per heavy atom. The number of anilines is 1. The molecule has 1 rings (SSSR count). The predicted octanol–water partition coefficient (Wildman–Crippen LogP) is 1.65. The molecule has 100 valence electrons. The summed E-state index contributed by atoms with van der Waals surface area (Å²) in [6.07, 6.45) is -4.53. The lowest BCUT2D eigenvalue weighted by Crippen LogP contribution is -2.29. The Hall–Kier alpha value is -1.86. The lowest BCUT2D eigenvalue weighted by atomic mass is 10.2. The SMILES string of the molecule is CC(CN(C)c1ccc(C(F)(F)F)nn1)C(=O)O. The minimum absolute atomic E-state index is 0.134. The normalized spacial score (nSPS) is 13.2. The number of halogens is 3. The standard InChI is InChI=1S/C10H12F3N3O2/c1-6(9(17)18)5-16(2)8-4-3-7(14-15-8)10(11,12)13/h3-4,6H,5H2,1-2H3,(H,17,18). The molecule has 5 nitrogen and oxygen atoms in total. The first-order chi connectivity index (χ1) is 8.21. The molecule has 1 aromatic rings. The van der Waals surface area contributed by atoms with Crippen LogP contribution >= 0.6 is 0 Å². The van der Waals surface area contributed by atoms with E-state index in [-0.39, 0.29) is 12.4 Å². The van der Waals surface area contributed by atoms with Crippen molar-refractivity contribution in [2.45, 2.75) is 13.1 Å². The Morgan fingerprint density at radius 1 is 1.44 bits per heavy atom. The van der Waals surface area contributed by atoms with Crippen molar-refractivity contribution in [1.82, 2.24) is 10.2 Å². The molecule has 0 aliphatic rings. The summed E-state index contributed by atoms with van der Waals surface area (Å²) in [6.45, 7) is 1.63. The average Bonchev–Trinajstić information content (AvgIpc) is 2.27. The van der Waals surface area contributed by atoms with Crippen LogP contribution in [0.3, 0.4) is 0 Å². The fraction of sp³-hybridized carbons (Fsp3) is 0.500. The van der Waals surface area contributed by atoms with Gasteiger partial charge in [0.15, 0.2) is 11.5 Å². The van der Waals surface area contributed by atoms with Gasteiger partial charge in [-0.15, -0.1) is 10.2 Å². The van der Waals surface area contributed by atoms with E-state index in [4.69, 9.17) is 5.11 Å². The van der Waals surface area contributed by atoms with Crippen LogP contribution in [0, 0.1) is 5.92 Å². The predicted molar refractivity (Wildman–Crippen MR) is 57.1 cm³/mol. The van der Waals surface area contributed by atoms with E-state index in [1.807, 2.05) is 0 Å². The van der Waals surface area contributed by atoms with E-state index in [0.717, 1.165) is 12.1 Å². The maximum absolute atomic E-state index is 12.2. The number of aromatic nitrogens is 2. The van der Waals surface area contributed by atoms with Crippen LogP contribution in [0.2, 0.25) is 0 Å². The Morgan fingerprint density at radius 3 is 2.44 bits per heavy atom. The maximum atomic E-state index is 12.2. The van der Waals surface area contributed by atoms with Gasteiger partial charge in [-0.2, -0.15) is 13.2 Å². The molecule has 18 heavy (non-hydrogen) atoms. The van der Waals surface area contributed by atoms with E-state index < -0.39 is 23.8 Å². The van der Waals surface area contributed by atoms with Gasteiger partial charge in [-0.25, -0.2) is 0 Å². The van der Waals surface area contributed by atoms with Crippen LogP contribution in [0.1, 0.15) is 12.6 Å². The molecule has 0 spiro atoms. The Kier molecular flexibility index (Phi) is 4.10. The van der Waals surface area contributed by atoms with E-state index in [9.17, 15) is 18.0 Å². The van der Waals surface area contributed by atoms with Crippen molar-refractivity contribution < 1.29 is 23.1 Å². The van der Waals surface area contributed by atoms with Crippen molar-refractivity contribution in [3.05, 3.63) is 17.8 Å². The molecule has 1 aromatic heterocycles. The zero-order valence-corrected chi connectivity index (χ0v) is 9.77. The van der Waals surface area contributed by atoms with Crippen LogP contribution in [-0.2, 0) is 11.0 Å². The maximum Gasteiger partial charge on any atom is 0.435 e. The van der Waals surface area contributed by atoms with Crippen molar-refractivity contribution in [2.75, 3.05) is 18.5 Å². The van der Waals surface area contributed by atoms with Crippen LogP contribution < -0.4 is 4.90 Å². The van der Waals surface area contributed by atoms with Crippen LogP contribution in [0.25, 0.3) is 0 Å². The molecule has 0 fully saturated rings. The number of aliphatic carboxylic acids is 1. The number of carboxylic acids is 1. The molecule has 1 unspecified atom stereocenters. The monoisotopic (exact) mass is 263 g/mol. The zero-order valence-electron chi connectivity index (χ0n) is 9.77. The van der Waals surface area contributed by atoms with Gasteiger partial charge in [0.1, 0.15) is 0 Å². The van der Waals surface area contributed by atoms with Gasteiger partial charge in [-0.3, -0.25) is 4.79 Å². The number of rotatable bonds is 4. The van der Waals surface area contributed by atoms with E-state index in [2.05, 4.69) is 10.2 Å². The van der Waals surface area contributed by atoms with Gasteiger partial charge < -0.3 is 10.0 Å². The summed E-state index contributed by atoms with van der Waals surface area (Å²) in [6, 6.07) is 1.97. The first-order valence-electron chi connectivity index (χ1n) is 5.06. The number of carboxylic acid groups (broad SMARTS) is 1. The molecule has 0 radical (unpaired) electrons. The fourth-order valence-corrected chi connectivity index (χ4v) is 1.26. The van der Waals surface area contributed by atoms with Crippen molar-refractivity contribution in [1.29, 1.82) is 0 Å². The lowest BCUT2D eigenvalue weighted by Gasteiger charge is -2.19. The summed E-state index contributed by atoms with van der Waals surface area (Å²) in [5, 5.41) is 15.2. The Bertz CT molecular complexity index is 419. The van der Waals surface area contributed by atoms with E-state index in [1.165, 1.54) is 18.9 Å². The van der Waals surface area contributed by atoms with E-state index in [1.54, 1.807) is 0 Å². The molecule has 0 aliphatic heterocycles.